The van der Waals surface area contributed by atoms with Crippen molar-refractivity contribution in [3.63, 3.8) is 0 Å². The molecule has 1 N–H and O–H groups in total. The van der Waals surface area contributed by atoms with Gasteiger partial charge in [0.05, 0.1) is 50.5 Å². The predicted octanol–water partition coefficient (Wildman–Crippen LogP) is 1.78. The van der Waals surface area contributed by atoms with Gasteiger partial charge in [-0.25, -0.2) is 0 Å². The largest absolute Gasteiger partial charge is 0.392 e. The normalized spacial score (nSPS) is 35.1. The lowest BCUT2D eigenvalue weighted by Crippen LogP contribution is -2.57. The number of methoxy groups -OCH3 is 1. The summed E-state index contributed by atoms with van der Waals surface area (Å²) in [7, 11) is 1.58. The Morgan fingerprint density at radius 2 is 1.72 bits per heavy atom. The first-order chi connectivity index (χ1) is 15.4. The molecule has 0 unspecified atom stereocenters. The van der Waals surface area contributed by atoms with E-state index < -0.39 is 29.7 Å². The topological polar surface area (TPSA) is 92.7 Å². The van der Waals surface area contributed by atoms with Gasteiger partial charge in [0.2, 0.25) is 0 Å². The number of hydrogen-bond donors (Lipinski definition) is 1. The molecule has 0 bridgehead atoms. The van der Waals surface area contributed by atoms with Crippen molar-refractivity contribution in [1.29, 1.82) is 0 Å². The van der Waals surface area contributed by atoms with Crippen LogP contribution in [0.5, 0.6) is 0 Å². The number of ether oxygens (including phenoxy) is 6. The van der Waals surface area contributed by atoms with Crippen LogP contribution in [-0.4, -0.2) is 98.0 Å². The maximum atomic E-state index is 13.8. The minimum atomic E-state index is -0.876. The van der Waals surface area contributed by atoms with Crippen molar-refractivity contribution in [2.24, 2.45) is 23.7 Å². The van der Waals surface area contributed by atoms with Crippen LogP contribution in [0.1, 0.15) is 20.3 Å². The second-order valence-electron chi connectivity index (χ2n) is 9.12. The molecule has 10 heteroatoms. The van der Waals surface area contributed by atoms with E-state index in [1.807, 2.05) is 25.6 Å². The standard InChI is InChI=1S/C22H36O8S2/c1-14(21(2)27-5-6-28-21)18(23)15-10-32-11-16(19(15)24)20(26-13-25-3)17-12-31-9-4-22(17)29-7-8-30-22/h14-18,20,23H,4-13H2,1-3H3/t14-,15+,16-,17-,18-,20+/m0/s1. The van der Waals surface area contributed by atoms with Gasteiger partial charge in [-0.1, -0.05) is 6.92 Å². The Bertz CT molecular complexity index is 637. The number of hydrogen-bond acceptors (Lipinski definition) is 10. The molecule has 0 aromatic heterocycles. The van der Waals surface area contributed by atoms with Crippen molar-refractivity contribution in [2.75, 3.05) is 63.3 Å². The highest BCUT2D eigenvalue weighted by atomic mass is 32.2. The molecule has 8 nitrogen and oxygen atoms in total. The van der Waals surface area contributed by atoms with E-state index in [0.717, 1.165) is 17.9 Å². The molecular weight excluding hydrogens is 456 g/mol. The predicted molar refractivity (Wildman–Crippen MR) is 122 cm³/mol. The Kier molecular flexibility index (Phi) is 8.49. The Hall–Kier alpha value is 0.0900. The summed E-state index contributed by atoms with van der Waals surface area (Å²) in [5.41, 5.74) is 0. The van der Waals surface area contributed by atoms with Crippen LogP contribution >= 0.6 is 23.5 Å². The van der Waals surface area contributed by atoms with E-state index in [4.69, 9.17) is 28.4 Å². The Morgan fingerprint density at radius 3 is 2.41 bits per heavy atom. The van der Waals surface area contributed by atoms with Gasteiger partial charge < -0.3 is 33.5 Å². The maximum absolute atomic E-state index is 13.8. The zero-order chi connectivity index (χ0) is 22.8. The molecule has 4 aliphatic rings. The number of carbonyl (C=O) groups is 1. The van der Waals surface area contributed by atoms with E-state index in [0.29, 0.717) is 37.9 Å². The second kappa shape index (κ2) is 10.8. The zero-order valence-electron chi connectivity index (χ0n) is 19.2. The lowest BCUT2D eigenvalue weighted by molar-refractivity contribution is -0.234. The summed E-state index contributed by atoms with van der Waals surface area (Å²) < 4.78 is 35.1. The van der Waals surface area contributed by atoms with Gasteiger partial charge in [0.25, 0.3) is 0 Å². The molecule has 0 amide bonds. The molecule has 4 aliphatic heterocycles. The fourth-order valence-corrected chi connectivity index (χ4v) is 7.96. The summed E-state index contributed by atoms with van der Waals surface area (Å²) in [6.45, 7) is 5.94. The molecule has 32 heavy (non-hydrogen) atoms. The Morgan fingerprint density at radius 1 is 1.06 bits per heavy atom. The van der Waals surface area contributed by atoms with Crippen molar-refractivity contribution in [1.82, 2.24) is 0 Å². The summed E-state index contributed by atoms with van der Waals surface area (Å²) in [5, 5.41) is 11.2. The molecule has 4 fully saturated rings. The van der Waals surface area contributed by atoms with Gasteiger partial charge in [-0.3, -0.25) is 4.79 Å². The number of thioether (sulfide) groups is 2. The summed E-state index contributed by atoms with van der Waals surface area (Å²) in [4.78, 5) is 13.8. The minimum absolute atomic E-state index is 0.0366. The van der Waals surface area contributed by atoms with Gasteiger partial charge >= 0.3 is 0 Å². The molecule has 4 rings (SSSR count). The monoisotopic (exact) mass is 492 g/mol. The van der Waals surface area contributed by atoms with Crippen molar-refractivity contribution in [3.05, 3.63) is 0 Å². The van der Waals surface area contributed by atoms with Gasteiger partial charge in [0.15, 0.2) is 11.6 Å². The van der Waals surface area contributed by atoms with Crippen LogP contribution in [0.25, 0.3) is 0 Å². The van der Waals surface area contributed by atoms with E-state index >= 15 is 0 Å². The summed E-state index contributed by atoms with van der Waals surface area (Å²) >= 11 is 3.52. The smallest absolute Gasteiger partial charge is 0.175 e. The summed E-state index contributed by atoms with van der Waals surface area (Å²) in [6, 6.07) is 0. The van der Waals surface area contributed by atoms with E-state index in [9.17, 15) is 9.90 Å². The quantitative estimate of drug-likeness (QED) is 0.506. The molecule has 6 atom stereocenters. The van der Waals surface area contributed by atoms with Crippen molar-refractivity contribution >= 4 is 29.3 Å². The third-order valence-corrected chi connectivity index (χ3v) is 9.62. The molecule has 4 heterocycles. The lowest BCUT2D eigenvalue weighted by atomic mass is 9.76. The molecule has 0 aliphatic carbocycles. The first-order valence-electron chi connectivity index (χ1n) is 11.5. The molecule has 0 saturated carbocycles. The van der Waals surface area contributed by atoms with E-state index in [2.05, 4.69) is 0 Å². The van der Waals surface area contributed by atoms with Crippen LogP contribution in [0, 0.1) is 23.7 Å². The fraction of sp³-hybridized carbons (Fsp3) is 0.955. The van der Waals surface area contributed by atoms with E-state index in [-0.39, 0.29) is 30.3 Å². The van der Waals surface area contributed by atoms with Crippen molar-refractivity contribution in [3.8, 4) is 0 Å². The number of ketones is 1. The molecule has 184 valence electrons. The van der Waals surface area contributed by atoms with Crippen LogP contribution in [0.3, 0.4) is 0 Å². The maximum Gasteiger partial charge on any atom is 0.175 e. The third-order valence-electron chi connectivity index (χ3n) is 7.34. The summed E-state index contributed by atoms with van der Waals surface area (Å²) in [6.07, 6.45) is -0.488. The number of aliphatic hydroxyl groups is 1. The Labute approximate surface area is 198 Å². The molecule has 1 spiro atoms. The average Bonchev–Trinajstić information content (AvgIpc) is 3.45. The highest BCUT2D eigenvalue weighted by Gasteiger charge is 2.55. The fourth-order valence-electron chi connectivity index (χ4n) is 5.31. The van der Waals surface area contributed by atoms with Crippen LogP contribution in [0.4, 0.5) is 0 Å². The van der Waals surface area contributed by atoms with Crippen molar-refractivity contribution in [2.45, 2.75) is 44.1 Å². The third kappa shape index (κ3) is 4.90. The molecule has 4 saturated heterocycles. The van der Waals surface area contributed by atoms with Crippen LogP contribution < -0.4 is 0 Å². The average molecular weight is 493 g/mol. The van der Waals surface area contributed by atoms with Gasteiger partial charge in [-0.05, 0) is 12.7 Å². The molecule has 0 radical (unpaired) electrons. The molecule has 0 aromatic rings. The highest BCUT2D eigenvalue weighted by molar-refractivity contribution is 7.99. The first kappa shape index (κ1) is 25.2. The van der Waals surface area contributed by atoms with Crippen LogP contribution in [0.2, 0.25) is 0 Å². The highest BCUT2D eigenvalue weighted by Crippen LogP contribution is 2.46. The Balaban J connectivity index is 1.54. The molecular formula is C22H36O8S2. The van der Waals surface area contributed by atoms with E-state index in [1.165, 1.54) is 0 Å². The van der Waals surface area contributed by atoms with Crippen molar-refractivity contribution < 1.29 is 38.3 Å². The van der Waals surface area contributed by atoms with Crippen LogP contribution in [-0.2, 0) is 33.2 Å². The lowest BCUT2D eigenvalue weighted by Gasteiger charge is -2.46. The number of aliphatic hydroxyl groups excluding tert-OH is 1. The van der Waals surface area contributed by atoms with E-state index in [1.54, 1.807) is 18.9 Å². The van der Waals surface area contributed by atoms with Gasteiger partial charge in [-0.2, -0.15) is 23.5 Å². The number of rotatable bonds is 8. The first-order valence-corrected chi connectivity index (χ1v) is 13.8. The van der Waals surface area contributed by atoms with Gasteiger partial charge in [0.1, 0.15) is 12.6 Å². The number of Topliss-reactive ketones (excluding diaryl/α,β-unsaturated/α-hetero) is 1. The molecule has 0 aromatic carbocycles. The SMILES string of the molecule is COCO[C@H]([C@H]1CSC[C@H]([C@@H](O)[C@H](C)C2(C)OCCO2)C1=O)[C@@H]1CSCCC12OCCO2. The number of carbonyl (C=O) groups excluding carboxylic acids is 1. The van der Waals surface area contributed by atoms with Gasteiger partial charge in [0, 0.05) is 42.6 Å². The minimum Gasteiger partial charge on any atom is -0.392 e. The zero-order valence-corrected chi connectivity index (χ0v) is 20.8. The summed E-state index contributed by atoms with van der Waals surface area (Å²) in [5.74, 6) is 0.130. The van der Waals surface area contributed by atoms with Crippen LogP contribution in [0.15, 0.2) is 0 Å². The second-order valence-corrected chi connectivity index (χ2v) is 11.3. The van der Waals surface area contributed by atoms with Gasteiger partial charge in [-0.15, -0.1) is 0 Å².